The first-order chi connectivity index (χ1) is 8.72. The van der Waals surface area contributed by atoms with Gasteiger partial charge in [-0.3, -0.25) is 0 Å². The van der Waals surface area contributed by atoms with Crippen LogP contribution < -0.4 is 5.73 Å². The fourth-order valence-electron chi connectivity index (χ4n) is 2.62. The smallest absolute Gasteiger partial charge is 0.321 e. The van der Waals surface area contributed by atoms with Gasteiger partial charge in [0, 0.05) is 5.54 Å². The molecule has 1 saturated carbocycles. The molecule has 5 heteroatoms. The first-order valence-electron chi connectivity index (χ1n) is 6.38. The van der Waals surface area contributed by atoms with E-state index < -0.39 is 23.1 Å². The Morgan fingerprint density at radius 2 is 1.79 bits per heavy atom. The number of benzene rings is 1. The van der Waals surface area contributed by atoms with E-state index in [1.54, 1.807) is 0 Å². The van der Waals surface area contributed by atoms with Crippen molar-refractivity contribution < 1.29 is 17.6 Å². The molecule has 1 aliphatic carbocycles. The van der Waals surface area contributed by atoms with E-state index in [0.29, 0.717) is 24.3 Å². The molecule has 1 fully saturated rings. The molecule has 0 spiro atoms. The van der Waals surface area contributed by atoms with E-state index >= 15 is 0 Å². The van der Waals surface area contributed by atoms with E-state index in [-0.39, 0.29) is 0 Å². The van der Waals surface area contributed by atoms with Crippen LogP contribution in [0, 0.1) is 11.7 Å². The maximum Gasteiger partial charge on any atom is 0.419 e. The molecule has 1 aromatic carbocycles. The Labute approximate surface area is 109 Å². The Morgan fingerprint density at radius 3 is 2.26 bits per heavy atom. The van der Waals surface area contributed by atoms with E-state index in [1.807, 2.05) is 0 Å². The summed E-state index contributed by atoms with van der Waals surface area (Å²) in [5.74, 6) is -0.676. The summed E-state index contributed by atoms with van der Waals surface area (Å²) in [6.07, 6.45) is -1.47. The van der Waals surface area contributed by atoms with E-state index in [4.69, 9.17) is 5.73 Å². The molecule has 19 heavy (non-hydrogen) atoms. The van der Waals surface area contributed by atoms with E-state index in [9.17, 15) is 17.6 Å². The average molecular weight is 275 g/mol. The number of alkyl halides is 3. The highest BCUT2D eigenvalue weighted by molar-refractivity contribution is 5.31. The zero-order valence-corrected chi connectivity index (χ0v) is 10.7. The molecule has 2 N–H and O–H groups in total. The monoisotopic (exact) mass is 275 g/mol. The molecular weight excluding hydrogens is 258 g/mol. The SMILES string of the molecule is CC1CCC(N)(c2ccc(C(F)(F)F)c(F)c2)CC1. The summed E-state index contributed by atoms with van der Waals surface area (Å²) in [4.78, 5) is 0. The minimum Gasteiger partial charge on any atom is -0.321 e. The maximum absolute atomic E-state index is 13.6. The van der Waals surface area contributed by atoms with Gasteiger partial charge in [0.15, 0.2) is 0 Å². The lowest BCUT2D eigenvalue weighted by molar-refractivity contribution is -0.140. The van der Waals surface area contributed by atoms with Crippen LogP contribution in [0.5, 0.6) is 0 Å². The van der Waals surface area contributed by atoms with Crippen molar-refractivity contribution in [2.45, 2.75) is 44.3 Å². The van der Waals surface area contributed by atoms with Crippen LogP contribution in [0.4, 0.5) is 17.6 Å². The highest BCUT2D eigenvalue weighted by Gasteiger charge is 2.37. The molecule has 1 nitrogen and oxygen atoms in total. The fraction of sp³-hybridized carbons (Fsp3) is 0.571. The van der Waals surface area contributed by atoms with Crippen LogP contribution in [0.3, 0.4) is 0 Å². The molecule has 0 saturated heterocycles. The standard InChI is InChI=1S/C14H17F4N/c1-9-4-6-13(19,7-5-9)10-2-3-11(12(15)8-10)14(16,17)18/h2-3,8-9H,4-7,19H2,1H3. The van der Waals surface area contributed by atoms with Gasteiger partial charge in [0.1, 0.15) is 5.82 Å². The lowest BCUT2D eigenvalue weighted by Crippen LogP contribution is -2.40. The lowest BCUT2D eigenvalue weighted by atomic mass is 9.74. The molecule has 0 atom stereocenters. The van der Waals surface area contributed by atoms with E-state index in [2.05, 4.69) is 6.92 Å². The zero-order valence-electron chi connectivity index (χ0n) is 10.7. The summed E-state index contributed by atoms with van der Waals surface area (Å²) in [6, 6.07) is 3.04. The highest BCUT2D eigenvalue weighted by Crippen LogP contribution is 2.39. The molecule has 1 aromatic rings. The molecule has 0 unspecified atom stereocenters. The molecule has 0 aromatic heterocycles. The first kappa shape index (κ1) is 14.3. The van der Waals surface area contributed by atoms with E-state index in [0.717, 1.165) is 25.0 Å². The summed E-state index contributed by atoms with van der Waals surface area (Å²) in [5, 5.41) is 0. The van der Waals surface area contributed by atoms with Crippen molar-refractivity contribution in [1.29, 1.82) is 0 Å². The highest BCUT2D eigenvalue weighted by atomic mass is 19.4. The Hall–Kier alpha value is -1.10. The minimum atomic E-state index is -4.66. The molecule has 0 heterocycles. The van der Waals surface area contributed by atoms with Gasteiger partial charge in [0.25, 0.3) is 0 Å². The Morgan fingerprint density at radius 1 is 1.21 bits per heavy atom. The number of halogens is 4. The van der Waals surface area contributed by atoms with Gasteiger partial charge in [-0.1, -0.05) is 13.0 Å². The summed E-state index contributed by atoms with van der Waals surface area (Å²) in [5.41, 5.74) is 4.76. The predicted octanol–water partition coefficient (Wildman–Crippen LogP) is 4.21. The Bertz CT molecular complexity index is 459. The van der Waals surface area contributed by atoms with Crippen LogP contribution in [0.15, 0.2) is 18.2 Å². The third kappa shape index (κ3) is 2.91. The topological polar surface area (TPSA) is 26.0 Å². The van der Waals surface area contributed by atoms with Gasteiger partial charge in [-0.15, -0.1) is 0 Å². The summed E-state index contributed by atoms with van der Waals surface area (Å²) >= 11 is 0. The van der Waals surface area contributed by atoms with Crippen LogP contribution in [0.25, 0.3) is 0 Å². The number of hydrogen-bond acceptors (Lipinski definition) is 1. The normalized spacial score (nSPS) is 28.4. The molecule has 0 bridgehead atoms. The zero-order chi connectivity index (χ0) is 14.3. The lowest BCUT2D eigenvalue weighted by Gasteiger charge is -2.36. The largest absolute Gasteiger partial charge is 0.419 e. The third-order valence-corrected chi connectivity index (χ3v) is 4.02. The second kappa shape index (κ2) is 4.78. The first-order valence-corrected chi connectivity index (χ1v) is 6.38. The Kier molecular flexibility index (Phi) is 3.60. The van der Waals surface area contributed by atoms with Crippen LogP contribution in [-0.2, 0) is 11.7 Å². The van der Waals surface area contributed by atoms with Gasteiger partial charge in [0.2, 0.25) is 0 Å². The van der Waals surface area contributed by atoms with Crippen LogP contribution in [-0.4, -0.2) is 0 Å². The Balaban J connectivity index is 2.30. The van der Waals surface area contributed by atoms with Gasteiger partial charge >= 0.3 is 6.18 Å². The van der Waals surface area contributed by atoms with E-state index in [1.165, 1.54) is 6.07 Å². The van der Waals surface area contributed by atoms with Crippen molar-refractivity contribution in [3.8, 4) is 0 Å². The van der Waals surface area contributed by atoms with Gasteiger partial charge in [-0.2, -0.15) is 13.2 Å². The van der Waals surface area contributed by atoms with Crippen LogP contribution in [0.2, 0.25) is 0 Å². The van der Waals surface area contributed by atoms with Crippen molar-refractivity contribution in [1.82, 2.24) is 0 Å². The number of rotatable bonds is 1. The minimum absolute atomic E-state index is 0.463. The van der Waals surface area contributed by atoms with Gasteiger partial charge in [0.05, 0.1) is 5.56 Å². The van der Waals surface area contributed by atoms with Crippen LogP contribution in [0.1, 0.15) is 43.7 Å². The molecule has 0 aliphatic heterocycles. The van der Waals surface area contributed by atoms with Crippen molar-refractivity contribution >= 4 is 0 Å². The quantitative estimate of drug-likeness (QED) is 0.763. The average Bonchev–Trinajstić information content (AvgIpc) is 2.31. The molecule has 2 rings (SSSR count). The molecule has 1 aliphatic rings. The summed E-state index contributed by atoms with van der Waals surface area (Å²) in [6.45, 7) is 2.12. The summed E-state index contributed by atoms with van der Waals surface area (Å²) in [7, 11) is 0. The van der Waals surface area contributed by atoms with Crippen molar-refractivity contribution in [3.63, 3.8) is 0 Å². The molecular formula is C14H17F4N. The number of nitrogens with two attached hydrogens (primary N) is 1. The van der Waals surface area contributed by atoms with Crippen LogP contribution >= 0.6 is 0 Å². The predicted molar refractivity (Wildman–Crippen MR) is 64.9 cm³/mol. The van der Waals surface area contributed by atoms with Gasteiger partial charge < -0.3 is 5.73 Å². The second-order valence-corrected chi connectivity index (χ2v) is 5.53. The third-order valence-electron chi connectivity index (χ3n) is 4.02. The van der Waals surface area contributed by atoms with Gasteiger partial charge in [-0.25, -0.2) is 4.39 Å². The maximum atomic E-state index is 13.6. The molecule has 0 radical (unpaired) electrons. The fourth-order valence-corrected chi connectivity index (χ4v) is 2.62. The van der Waals surface area contributed by atoms with Crippen molar-refractivity contribution in [2.24, 2.45) is 11.7 Å². The second-order valence-electron chi connectivity index (χ2n) is 5.53. The molecule has 0 amide bonds. The summed E-state index contributed by atoms with van der Waals surface area (Å²) < 4.78 is 51.1. The van der Waals surface area contributed by atoms with Crippen molar-refractivity contribution in [2.75, 3.05) is 0 Å². The van der Waals surface area contributed by atoms with Gasteiger partial charge in [-0.05, 0) is 49.3 Å². The van der Waals surface area contributed by atoms with Crippen molar-refractivity contribution in [3.05, 3.63) is 35.1 Å². The number of hydrogen-bond donors (Lipinski definition) is 1. The molecule has 106 valence electrons.